The molecule has 0 saturated heterocycles. The zero-order valence-electron chi connectivity index (χ0n) is 16.1. The van der Waals surface area contributed by atoms with Gasteiger partial charge in [0, 0.05) is 18.3 Å². The monoisotopic (exact) mass is 407 g/mol. The maximum atomic E-state index is 12.7. The van der Waals surface area contributed by atoms with Crippen molar-refractivity contribution in [3.8, 4) is 11.1 Å². The van der Waals surface area contributed by atoms with Gasteiger partial charge in [-0.25, -0.2) is 4.79 Å². The number of hydrogen-bond acceptors (Lipinski definition) is 5. The normalized spacial score (nSPS) is 17.6. The number of fused-ring (bicyclic) bond motifs is 3. The maximum absolute atomic E-state index is 12.7. The van der Waals surface area contributed by atoms with Gasteiger partial charge in [-0.05, 0) is 22.3 Å². The molecule has 1 aliphatic carbocycles. The number of aliphatic hydroxyl groups excluding tert-OH is 1. The van der Waals surface area contributed by atoms with Crippen LogP contribution < -0.4 is 5.73 Å². The molecule has 0 radical (unpaired) electrons. The van der Waals surface area contributed by atoms with Crippen molar-refractivity contribution in [3.05, 3.63) is 72.1 Å². The van der Waals surface area contributed by atoms with Gasteiger partial charge in [-0.15, -0.1) is 0 Å². The molecule has 2 aliphatic rings. The van der Waals surface area contributed by atoms with E-state index in [1.807, 2.05) is 48.5 Å². The van der Waals surface area contributed by atoms with Crippen LogP contribution in [0.1, 0.15) is 17.0 Å². The molecule has 0 bridgehead atoms. The lowest BCUT2D eigenvalue weighted by Gasteiger charge is -2.33. The smallest absolute Gasteiger partial charge is 0.414 e. The summed E-state index contributed by atoms with van der Waals surface area (Å²) in [4.78, 5) is 38.4. The van der Waals surface area contributed by atoms with E-state index in [-0.39, 0.29) is 19.1 Å². The Morgan fingerprint density at radius 3 is 2.17 bits per heavy atom. The highest BCUT2D eigenvalue weighted by atomic mass is 16.6. The summed E-state index contributed by atoms with van der Waals surface area (Å²) < 4.78 is 5.54. The number of hydrogen-bond donors (Lipinski definition) is 2. The Labute approximate surface area is 173 Å². The van der Waals surface area contributed by atoms with Crippen molar-refractivity contribution in [1.82, 2.24) is 9.80 Å². The fraction of sp³-hybridized carbons (Fsp3) is 0.227. The lowest BCUT2D eigenvalue weighted by Crippen LogP contribution is -2.54. The number of nitrogens with zero attached hydrogens (tertiary/aromatic N) is 2. The number of amides is 3. The van der Waals surface area contributed by atoms with E-state index in [2.05, 4.69) is 0 Å². The number of carbonyl (C=O) groups excluding carboxylic acids is 3. The van der Waals surface area contributed by atoms with E-state index in [9.17, 15) is 19.5 Å². The van der Waals surface area contributed by atoms with Crippen LogP contribution >= 0.6 is 0 Å². The molecule has 3 amide bonds. The van der Waals surface area contributed by atoms with Gasteiger partial charge in [0.05, 0.1) is 6.61 Å². The zero-order valence-corrected chi connectivity index (χ0v) is 16.1. The van der Waals surface area contributed by atoms with Crippen molar-refractivity contribution in [1.29, 1.82) is 0 Å². The summed E-state index contributed by atoms with van der Waals surface area (Å²) >= 11 is 0. The Balaban J connectivity index is 1.51. The molecule has 0 unspecified atom stereocenters. The van der Waals surface area contributed by atoms with Crippen molar-refractivity contribution in [3.63, 3.8) is 0 Å². The van der Waals surface area contributed by atoms with Gasteiger partial charge in [0.2, 0.25) is 5.91 Å². The van der Waals surface area contributed by atoms with E-state index in [0.717, 1.165) is 32.1 Å². The van der Waals surface area contributed by atoms with Crippen molar-refractivity contribution in [2.24, 2.45) is 5.73 Å². The van der Waals surface area contributed by atoms with Crippen molar-refractivity contribution < 1.29 is 24.2 Å². The highest BCUT2D eigenvalue weighted by Gasteiger charge is 2.36. The number of aliphatic hydroxyl groups is 1. The molecule has 2 aromatic carbocycles. The fourth-order valence-electron chi connectivity index (χ4n) is 3.96. The fourth-order valence-corrected chi connectivity index (χ4v) is 3.96. The van der Waals surface area contributed by atoms with Crippen LogP contribution in [0.2, 0.25) is 0 Å². The second kappa shape index (κ2) is 8.00. The molecular formula is C22H21N3O5. The van der Waals surface area contributed by atoms with Crippen LogP contribution in [0.3, 0.4) is 0 Å². The predicted octanol–water partition coefficient (Wildman–Crippen LogP) is 1.40. The molecule has 0 spiro atoms. The number of nitrogens with two attached hydrogens (primary N) is 1. The van der Waals surface area contributed by atoms with E-state index in [1.54, 1.807) is 0 Å². The Hall–Kier alpha value is -3.65. The summed E-state index contributed by atoms with van der Waals surface area (Å²) in [6.07, 6.45) is 1.84. The van der Waals surface area contributed by atoms with Crippen LogP contribution in [0, 0.1) is 0 Å². The van der Waals surface area contributed by atoms with Crippen LogP contribution in [-0.2, 0) is 14.3 Å². The standard InChI is InChI=1S/C22H21N3O5/c23-20(27)11-24-9-10-25(19(12-26)21(24)28)22(29)30-13-18-16-7-3-1-5-14(16)15-6-2-4-8-17(15)18/h1-10,18-19,26H,11-13H2,(H2,23,27)/t19-/m0/s1. The molecule has 1 aliphatic heterocycles. The third-order valence-electron chi connectivity index (χ3n) is 5.36. The second-order valence-corrected chi connectivity index (χ2v) is 7.14. The van der Waals surface area contributed by atoms with Crippen molar-refractivity contribution in [2.75, 3.05) is 19.8 Å². The first-order valence-corrected chi connectivity index (χ1v) is 9.52. The molecule has 154 valence electrons. The highest BCUT2D eigenvalue weighted by molar-refractivity contribution is 5.91. The molecular weight excluding hydrogens is 386 g/mol. The summed E-state index contributed by atoms with van der Waals surface area (Å²) in [7, 11) is 0. The summed E-state index contributed by atoms with van der Waals surface area (Å²) in [6, 6.07) is 14.8. The van der Waals surface area contributed by atoms with Crippen LogP contribution in [-0.4, -0.2) is 58.6 Å². The summed E-state index contributed by atoms with van der Waals surface area (Å²) in [5, 5.41) is 9.63. The van der Waals surface area contributed by atoms with Gasteiger partial charge < -0.3 is 20.5 Å². The number of rotatable bonds is 5. The second-order valence-electron chi connectivity index (χ2n) is 7.14. The molecule has 8 heteroatoms. The van der Waals surface area contributed by atoms with Gasteiger partial charge in [0.25, 0.3) is 5.91 Å². The van der Waals surface area contributed by atoms with Gasteiger partial charge >= 0.3 is 6.09 Å². The molecule has 0 fully saturated rings. The summed E-state index contributed by atoms with van der Waals surface area (Å²) in [5.41, 5.74) is 9.49. The number of ether oxygens (including phenoxy) is 1. The molecule has 3 N–H and O–H groups in total. The summed E-state index contributed by atoms with van der Waals surface area (Å²) in [5.74, 6) is -1.42. The van der Waals surface area contributed by atoms with Crippen LogP contribution in [0.5, 0.6) is 0 Å². The Bertz CT molecular complexity index is 989. The largest absolute Gasteiger partial charge is 0.448 e. The topological polar surface area (TPSA) is 113 Å². The van der Waals surface area contributed by atoms with Crippen molar-refractivity contribution in [2.45, 2.75) is 12.0 Å². The quantitative estimate of drug-likeness (QED) is 0.778. The molecule has 0 saturated carbocycles. The first kappa shape index (κ1) is 19.7. The molecule has 30 heavy (non-hydrogen) atoms. The van der Waals surface area contributed by atoms with Gasteiger partial charge in [-0.1, -0.05) is 48.5 Å². The molecule has 8 nitrogen and oxygen atoms in total. The number of carbonyl (C=O) groups is 3. The lowest BCUT2D eigenvalue weighted by molar-refractivity contribution is -0.138. The van der Waals surface area contributed by atoms with Crippen LogP contribution in [0.25, 0.3) is 11.1 Å². The summed E-state index contributed by atoms with van der Waals surface area (Å²) in [6.45, 7) is -0.846. The molecule has 1 heterocycles. The third-order valence-corrected chi connectivity index (χ3v) is 5.36. The minimum Gasteiger partial charge on any atom is -0.448 e. The van der Waals surface area contributed by atoms with E-state index >= 15 is 0 Å². The minimum atomic E-state index is -1.18. The predicted molar refractivity (Wildman–Crippen MR) is 108 cm³/mol. The Morgan fingerprint density at radius 2 is 1.60 bits per heavy atom. The number of benzene rings is 2. The minimum absolute atomic E-state index is 0.0918. The van der Waals surface area contributed by atoms with Crippen LogP contribution in [0.4, 0.5) is 4.79 Å². The Kier molecular flexibility index (Phi) is 5.24. The van der Waals surface area contributed by atoms with E-state index in [0.29, 0.717) is 0 Å². The number of primary amides is 1. The van der Waals surface area contributed by atoms with E-state index < -0.39 is 30.6 Å². The van der Waals surface area contributed by atoms with Gasteiger partial charge in [0.1, 0.15) is 19.2 Å². The van der Waals surface area contributed by atoms with Gasteiger partial charge in [-0.2, -0.15) is 0 Å². The highest BCUT2D eigenvalue weighted by Crippen LogP contribution is 2.44. The van der Waals surface area contributed by atoms with E-state index in [1.165, 1.54) is 12.4 Å². The maximum Gasteiger partial charge on any atom is 0.414 e. The van der Waals surface area contributed by atoms with E-state index in [4.69, 9.17) is 10.5 Å². The molecule has 0 aromatic heterocycles. The first-order valence-electron chi connectivity index (χ1n) is 9.52. The van der Waals surface area contributed by atoms with Crippen LogP contribution in [0.15, 0.2) is 60.9 Å². The first-order chi connectivity index (χ1) is 14.5. The van der Waals surface area contributed by atoms with Crippen molar-refractivity contribution >= 4 is 17.9 Å². The lowest BCUT2D eigenvalue weighted by atomic mass is 9.98. The van der Waals surface area contributed by atoms with Gasteiger partial charge in [0.15, 0.2) is 0 Å². The average Bonchev–Trinajstić information content (AvgIpc) is 3.07. The zero-order chi connectivity index (χ0) is 21.3. The average molecular weight is 407 g/mol. The SMILES string of the molecule is NC(=O)CN1C=CN(C(=O)OCC2c3ccccc3-c3ccccc32)[C@@H](CO)C1=O. The molecule has 4 rings (SSSR count). The molecule has 2 aromatic rings. The molecule has 1 atom stereocenters. The third kappa shape index (κ3) is 3.42. The Morgan fingerprint density at radius 1 is 1.00 bits per heavy atom. The van der Waals surface area contributed by atoms with Gasteiger partial charge in [-0.3, -0.25) is 14.5 Å².